The van der Waals surface area contributed by atoms with Crippen LogP contribution in [0.3, 0.4) is 0 Å². The normalized spacial score (nSPS) is 13.8. The summed E-state index contributed by atoms with van der Waals surface area (Å²) in [6, 6.07) is 6.83. The first-order chi connectivity index (χ1) is 14.3. The fraction of sp³-hybridized carbons (Fsp3) is 0.316. The van der Waals surface area contributed by atoms with Crippen molar-refractivity contribution in [3.63, 3.8) is 0 Å². The summed E-state index contributed by atoms with van der Waals surface area (Å²) in [6.07, 6.45) is 4.56. The molecule has 0 bridgehead atoms. The molecule has 2 aromatic heterocycles. The number of nitrogens with zero attached hydrogens (tertiary/aromatic N) is 3. The van der Waals surface area contributed by atoms with Crippen LogP contribution in [0, 0.1) is 0 Å². The van der Waals surface area contributed by atoms with Crippen LogP contribution in [0.4, 0.5) is 22.5 Å². The SMILES string of the molecule is CC(CO)Nc1nc2c(s1)-c1nc(Nc3cccc(NS(C)(=O)=O)c3)ncc1CC2. The number of fused-ring (bicyclic) bond motifs is 3. The van der Waals surface area contributed by atoms with Crippen LogP contribution in [0.5, 0.6) is 0 Å². The van der Waals surface area contributed by atoms with Gasteiger partial charge in [-0.1, -0.05) is 17.4 Å². The Morgan fingerprint density at radius 1 is 1.23 bits per heavy atom. The molecule has 0 fully saturated rings. The zero-order chi connectivity index (χ0) is 21.3. The van der Waals surface area contributed by atoms with E-state index in [0.717, 1.165) is 46.1 Å². The lowest BCUT2D eigenvalue weighted by Crippen LogP contribution is -2.19. The fourth-order valence-electron chi connectivity index (χ4n) is 3.13. The van der Waals surface area contributed by atoms with Gasteiger partial charge in [0.15, 0.2) is 5.13 Å². The molecule has 2 heterocycles. The van der Waals surface area contributed by atoms with Crippen LogP contribution in [-0.4, -0.2) is 47.4 Å². The third-order valence-corrected chi connectivity index (χ3v) is 6.12. The van der Waals surface area contributed by atoms with Gasteiger partial charge < -0.3 is 15.7 Å². The van der Waals surface area contributed by atoms with Crippen molar-refractivity contribution in [3.05, 3.63) is 41.7 Å². The monoisotopic (exact) mass is 446 g/mol. The number of aryl methyl sites for hydroxylation is 2. The second-order valence-electron chi connectivity index (χ2n) is 7.17. The van der Waals surface area contributed by atoms with Crippen molar-refractivity contribution >= 4 is 43.8 Å². The minimum Gasteiger partial charge on any atom is -0.394 e. The Morgan fingerprint density at radius 3 is 2.80 bits per heavy atom. The van der Waals surface area contributed by atoms with E-state index >= 15 is 0 Å². The first kappa shape index (κ1) is 20.5. The summed E-state index contributed by atoms with van der Waals surface area (Å²) in [6.45, 7) is 1.93. The Bertz CT molecular complexity index is 1180. The fourth-order valence-corrected chi connectivity index (χ4v) is 4.83. The summed E-state index contributed by atoms with van der Waals surface area (Å²) < 4.78 is 25.4. The summed E-state index contributed by atoms with van der Waals surface area (Å²) in [5, 5.41) is 16.4. The van der Waals surface area contributed by atoms with E-state index < -0.39 is 10.0 Å². The largest absolute Gasteiger partial charge is 0.394 e. The molecule has 3 aromatic rings. The summed E-state index contributed by atoms with van der Waals surface area (Å²) in [5.74, 6) is 0.421. The summed E-state index contributed by atoms with van der Waals surface area (Å²) in [4.78, 5) is 14.8. The van der Waals surface area contributed by atoms with Crippen molar-refractivity contribution in [2.75, 3.05) is 28.2 Å². The molecule has 158 valence electrons. The van der Waals surface area contributed by atoms with Gasteiger partial charge >= 0.3 is 0 Å². The summed E-state index contributed by atoms with van der Waals surface area (Å²) in [7, 11) is -3.36. The highest BCUT2D eigenvalue weighted by Crippen LogP contribution is 2.39. The average Bonchev–Trinajstić information content (AvgIpc) is 3.09. The molecule has 1 aliphatic rings. The molecule has 1 unspecified atom stereocenters. The topological polar surface area (TPSA) is 129 Å². The van der Waals surface area contributed by atoms with E-state index in [-0.39, 0.29) is 12.6 Å². The highest BCUT2D eigenvalue weighted by molar-refractivity contribution is 7.92. The predicted octanol–water partition coefficient (Wildman–Crippen LogP) is 2.61. The zero-order valence-corrected chi connectivity index (χ0v) is 18.1. The molecular formula is C19H22N6O3S2. The van der Waals surface area contributed by atoms with Crippen LogP contribution in [0.15, 0.2) is 30.5 Å². The third kappa shape index (κ3) is 4.69. The lowest BCUT2D eigenvalue weighted by molar-refractivity contribution is 0.281. The Hall–Kier alpha value is -2.76. The van der Waals surface area contributed by atoms with Gasteiger partial charge in [0, 0.05) is 17.9 Å². The van der Waals surface area contributed by atoms with Gasteiger partial charge in [-0.3, -0.25) is 4.72 Å². The predicted molar refractivity (Wildman–Crippen MR) is 119 cm³/mol. The molecule has 0 aliphatic heterocycles. The van der Waals surface area contributed by atoms with Crippen LogP contribution >= 0.6 is 11.3 Å². The van der Waals surface area contributed by atoms with Gasteiger partial charge in [0.05, 0.1) is 34.8 Å². The molecule has 1 aromatic carbocycles. The molecule has 0 radical (unpaired) electrons. The van der Waals surface area contributed by atoms with Crippen LogP contribution in [0.2, 0.25) is 0 Å². The Balaban J connectivity index is 1.60. The van der Waals surface area contributed by atoms with Gasteiger partial charge in [-0.2, -0.15) is 0 Å². The lowest BCUT2D eigenvalue weighted by atomic mass is 10.00. The Labute approximate surface area is 178 Å². The second kappa shape index (κ2) is 8.17. The minimum atomic E-state index is -3.36. The van der Waals surface area contributed by atoms with Crippen molar-refractivity contribution < 1.29 is 13.5 Å². The van der Waals surface area contributed by atoms with E-state index in [1.165, 1.54) is 11.3 Å². The zero-order valence-electron chi connectivity index (χ0n) is 16.5. The van der Waals surface area contributed by atoms with Crippen LogP contribution in [0.25, 0.3) is 10.6 Å². The maximum absolute atomic E-state index is 11.5. The molecule has 0 spiro atoms. The van der Waals surface area contributed by atoms with E-state index in [1.54, 1.807) is 18.2 Å². The molecule has 1 aliphatic carbocycles. The number of hydrogen-bond acceptors (Lipinski definition) is 9. The second-order valence-corrected chi connectivity index (χ2v) is 9.92. The van der Waals surface area contributed by atoms with Gasteiger partial charge in [0.2, 0.25) is 16.0 Å². The number of anilines is 4. The molecule has 11 heteroatoms. The van der Waals surface area contributed by atoms with Crippen LogP contribution in [0.1, 0.15) is 18.2 Å². The average molecular weight is 447 g/mol. The molecule has 9 nitrogen and oxygen atoms in total. The molecule has 0 saturated heterocycles. The first-order valence-electron chi connectivity index (χ1n) is 9.39. The van der Waals surface area contributed by atoms with E-state index in [9.17, 15) is 13.5 Å². The molecule has 4 rings (SSSR count). The van der Waals surface area contributed by atoms with Crippen molar-refractivity contribution in [3.8, 4) is 10.6 Å². The first-order valence-corrected chi connectivity index (χ1v) is 12.1. The molecule has 0 saturated carbocycles. The van der Waals surface area contributed by atoms with Crippen molar-refractivity contribution in [1.82, 2.24) is 15.0 Å². The number of thiazole rings is 1. The number of hydrogen-bond donors (Lipinski definition) is 4. The van der Waals surface area contributed by atoms with Crippen LogP contribution < -0.4 is 15.4 Å². The van der Waals surface area contributed by atoms with E-state index in [2.05, 4.69) is 25.3 Å². The number of aliphatic hydroxyl groups excluding tert-OH is 1. The number of aliphatic hydroxyl groups is 1. The van der Waals surface area contributed by atoms with Gasteiger partial charge in [-0.25, -0.2) is 23.4 Å². The van der Waals surface area contributed by atoms with Crippen molar-refractivity contribution in [1.29, 1.82) is 0 Å². The van der Waals surface area contributed by atoms with Gasteiger partial charge in [-0.05, 0) is 43.5 Å². The molecular weight excluding hydrogens is 424 g/mol. The van der Waals surface area contributed by atoms with Crippen LogP contribution in [-0.2, 0) is 22.9 Å². The van der Waals surface area contributed by atoms with E-state index in [0.29, 0.717) is 17.3 Å². The molecule has 4 N–H and O–H groups in total. The number of aromatic nitrogens is 3. The molecule has 0 amide bonds. The molecule has 1 atom stereocenters. The third-order valence-electron chi connectivity index (χ3n) is 4.47. The van der Waals surface area contributed by atoms with Gasteiger partial charge in [-0.15, -0.1) is 0 Å². The van der Waals surface area contributed by atoms with Gasteiger partial charge in [0.1, 0.15) is 0 Å². The highest BCUT2D eigenvalue weighted by atomic mass is 32.2. The Morgan fingerprint density at radius 2 is 2.03 bits per heavy atom. The van der Waals surface area contributed by atoms with E-state index in [4.69, 9.17) is 4.98 Å². The maximum atomic E-state index is 11.5. The maximum Gasteiger partial charge on any atom is 0.229 e. The summed E-state index contributed by atoms with van der Waals surface area (Å²) >= 11 is 1.52. The lowest BCUT2D eigenvalue weighted by Gasteiger charge is -2.15. The minimum absolute atomic E-state index is 0.0321. The summed E-state index contributed by atoms with van der Waals surface area (Å²) in [5.41, 5.74) is 4.03. The Kier molecular flexibility index (Phi) is 5.58. The number of sulfonamides is 1. The standard InChI is InChI=1S/C19H22N6O3S2/c1-11(10-26)21-19-23-15-7-6-12-9-20-18(24-16(12)17(15)29-19)22-13-4-3-5-14(8-13)25-30(2,27)28/h3-5,8-9,11,25-26H,6-7,10H2,1-2H3,(H,21,23)(H,20,22,24). The molecule has 30 heavy (non-hydrogen) atoms. The number of nitrogens with one attached hydrogen (secondary N) is 3. The van der Waals surface area contributed by atoms with Crippen molar-refractivity contribution in [2.24, 2.45) is 0 Å². The van der Waals surface area contributed by atoms with Gasteiger partial charge in [0.25, 0.3) is 0 Å². The smallest absolute Gasteiger partial charge is 0.229 e. The highest BCUT2D eigenvalue weighted by Gasteiger charge is 2.23. The number of rotatable bonds is 7. The number of benzene rings is 1. The van der Waals surface area contributed by atoms with Crippen molar-refractivity contribution in [2.45, 2.75) is 25.8 Å². The quantitative estimate of drug-likeness (QED) is 0.436. The van der Waals surface area contributed by atoms with E-state index in [1.807, 2.05) is 19.2 Å².